The highest BCUT2D eigenvalue weighted by Gasteiger charge is 2.41. The predicted molar refractivity (Wildman–Crippen MR) is 124 cm³/mol. The fourth-order valence-electron chi connectivity index (χ4n) is 4.21. The zero-order valence-corrected chi connectivity index (χ0v) is 18.8. The minimum absolute atomic E-state index is 0.118. The molecule has 3 aromatic rings. The molecule has 1 fully saturated rings. The van der Waals surface area contributed by atoms with Gasteiger partial charge >= 0.3 is 0 Å². The van der Waals surface area contributed by atoms with E-state index in [0.717, 1.165) is 11.6 Å². The lowest BCUT2D eigenvalue weighted by Gasteiger charge is -2.41. The van der Waals surface area contributed by atoms with Crippen molar-refractivity contribution in [1.29, 1.82) is 0 Å². The van der Waals surface area contributed by atoms with Crippen molar-refractivity contribution in [3.8, 4) is 11.5 Å². The number of ether oxygens (including phenoxy) is 2. The quantitative estimate of drug-likeness (QED) is 0.549. The van der Waals surface area contributed by atoms with E-state index in [1.807, 2.05) is 0 Å². The molecular formula is C26H24F2N2O4. The number of halogens is 2. The van der Waals surface area contributed by atoms with Crippen molar-refractivity contribution in [2.24, 2.45) is 5.92 Å². The number of hydrogen-bond donors (Lipinski definition) is 1. The number of nitrogens with one attached hydrogen (secondary N) is 1. The van der Waals surface area contributed by atoms with Crippen LogP contribution in [-0.4, -0.2) is 26.0 Å². The fourth-order valence-corrected chi connectivity index (χ4v) is 4.21. The van der Waals surface area contributed by atoms with Gasteiger partial charge in [-0.3, -0.25) is 9.59 Å². The number of methoxy groups -OCH3 is 2. The lowest BCUT2D eigenvalue weighted by atomic mass is 9.83. The summed E-state index contributed by atoms with van der Waals surface area (Å²) in [5, 5.41) is 2.57. The first-order valence-electron chi connectivity index (χ1n) is 10.8. The van der Waals surface area contributed by atoms with E-state index in [4.69, 9.17) is 9.47 Å². The Kier molecular flexibility index (Phi) is 6.77. The number of rotatable bonds is 6. The molecule has 2 atom stereocenters. The number of piperidine rings is 1. The SMILES string of the molecule is COc1ccc(C2C(C(=O)Nc3ccc(F)cc3F)CCC(=O)N2c2ccc(OC)cc2)cc1. The molecule has 0 aliphatic carbocycles. The number of nitrogens with zero attached hydrogens (tertiary/aromatic N) is 1. The molecule has 2 unspecified atom stereocenters. The summed E-state index contributed by atoms with van der Waals surface area (Å²) in [6, 6.07) is 16.4. The van der Waals surface area contributed by atoms with E-state index in [1.165, 1.54) is 6.07 Å². The van der Waals surface area contributed by atoms with Crippen molar-refractivity contribution in [3.05, 3.63) is 83.9 Å². The summed E-state index contributed by atoms with van der Waals surface area (Å²) in [6.07, 6.45) is 0.416. The Morgan fingerprint density at radius 3 is 2.15 bits per heavy atom. The van der Waals surface area contributed by atoms with Crippen LogP contribution in [0.4, 0.5) is 20.2 Å². The zero-order chi connectivity index (χ0) is 24.2. The summed E-state index contributed by atoms with van der Waals surface area (Å²) in [5.74, 6) is -1.61. The number of anilines is 2. The summed E-state index contributed by atoms with van der Waals surface area (Å²) in [6.45, 7) is 0. The Morgan fingerprint density at radius 2 is 1.56 bits per heavy atom. The van der Waals surface area contributed by atoms with E-state index >= 15 is 0 Å². The van der Waals surface area contributed by atoms with Gasteiger partial charge in [-0.05, 0) is 60.5 Å². The first-order chi connectivity index (χ1) is 16.4. The molecule has 1 aliphatic rings. The van der Waals surface area contributed by atoms with Crippen LogP contribution in [0, 0.1) is 17.6 Å². The standard InChI is InChI=1S/C26H24F2N2O4/c1-33-19-8-3-16(4-9-19)25-21(26(32)29-23-13-5-17(27)15-22(23)28)12-14-24(31)30(25)18-6-10-20(34-2)11-7-18/h3-11,13,15,21,25H,12,14H2,1-2H3,(H,29,32). The van der Waals surface area contributed by atoms with Crippen LogP contribution < -0.4 is 19.7 Å². The molecule has 2 amide bonds. The van der Waals surface area contributed by atoms with E-state index in [-0.39, 0.29) is 24.4 Å². The topological polar surface area (TPSA) is 67.9 Å². The molecule has 0 aromatic heterocycles. The van der Waals surface area contributed by atoms with Gasteiger partial charge in [0.1, 0.15) is 23.1 Å². The number of amides is 2. The van der Waals surface area contributed by atoms with E-state index in [2.05, 4.69) is 5.32 Å². The van der Waals surface area contributed by atoms with Crippen LogP contribution in [0.1, 0.15) is 24.4 Å². The molecule has 1 aliphatic heterocycles. The lowest BCUT2D eigenvalue weighted by molar-refractivity contribution is -0.126. The summed E-state index contributed by atoms with van der Waals surface area (Å²) in [4.78, 5) is 28.0. The molecule has 1 heterocycles. The van der Waals surface area contributed by atoms with Gasteiger partial charge in [0.25, 0.3) is 0 Å². The predicted octanol–water partition coefficient (Wildman–Crippen LogP) is 5.11. The average Bonchev–Trinajstić information content (AvgIpc) is 2.85. The molecule has 0 radical (unpaired) electrons. The highest BCUT2D eigenvalue weighted by molar-refractivity contribution is 6.00. The van der Waals surface area contributed by atoms with E-state index in [0.29, 0.717) is 23.3 Å². The van der Waals surface area contributed by atoms with Gasteiger partial charge in [0, 0.05) is 18.2 Å². The maximum absolute atomic E-state index is 14.2. The molecule has 0 bridgehead atoms. The van der Waals surface area contributed by atoms with Crippen LogP contribution in [-0.2, 0) is 9.59 Å². The van der Waals surface area contributed by atoms with Crippen LogP contribution in [0.5, 0.6) is 11.5 Å². The molecular weight excluding hydrogens is 442 g/mol. The van der Waals surface area contributed by atoms with Gasteiger partial charge in [0.05, 0.1) is 31.9 Å². The average molecular weight is 466 g/mol. The maximum Gasteiger partial charge on any atom is 0.230 e. The second-order valence-electron chi connectivity index (χ2n) is 7.94. The summed E-state index contributed by atoms with van der Waals surface area (Å²) < 4.78 is 38.0. The van der Waals surface area contributed by atoms with Crippen LogP contribution >= 0.6 is 0 Å². The summed E-state index contributed by atoms with van der Waals surface area (Å²) >= 11 is 0. The number of carbonyl (C=O) groups is 2. The van der Waals surface area contributed by atoms with Gasteiger partial charge in [-0.2, -0.15) is 0 Å². The van der Waals surface area contributed by atoms with Crippen LogP contribution in [0.15, 0.2) is 66.7 Å². The Balaban J connectivity index is 1.73. The molecule has 1 N–H and O–H groups in total. The second kappa shape index (κ2) is 9.91. The zero-order valence-electron chi connectivity index (χ0n) is 18.8. The van der Waals surface area contributed by atoms with Crippen LogP contribution in [0.25, 0.3) is 0 Å². The monoisotopic (exact) mass is 466 g/mol. The van der Waals surface area contributed by atoms with Gasteiger partial charge in [-0.15, -0.1) is 0 Å². The maximum atomic E-state index is 14.2. The Morgan fingerprint density at radius 1 is 0.941 bits per heavy atom. The third-order valence-electron chi connectivity index (χ3n) is 5.93. The molecule has 34 heavy (non-hydrogen) atoms. The molecule has 4 rings (SSSR count). The van der Waals surface area contributed by atoms with E-state index in [9.17, 15) is 18.4 Å². The number of hydrogen-bond acceptors (Lipinski definition) is 4. The smallest absolute Gasteiger partial charge is 0.230 e. The van der Waals surface area contributed by atoms with Crippen LogP contribution in [0.2, 0.25) is 0 Å². The summed E-state index contributed by atoms with van der Waals surface area (Å²) in [7, 11) is 3.10. The first kappa shape index (κ1) is 23.2. The molecule has 0 spiro atoms. The van der Waals surface area contributed by atoms with Crippen molar-refractivity contribution in [3.63, 3.8) is 0 Å². The van der Waals surface area contributed by atoms with Crippen molar-refractivity contribution in [1.82, 2.24) is 0 Å². The Bertz CT molecular complexity index is 1180. The van der Waals surface area contributed by atoms with Gasteiger partial charge in [-0.1, -0.05) is 12.1 Å². The summed E-state index contributed by atoms with van der Waals surface area (Å²) in [5.41, 5.74) is 1.22. The number of carbonyl (C=O) groups excluding carboxylic acids is 2. The van der Waals surface area contributed by atoms with Gasteiger partial charge in [0.15, 0.2) is 0 Å². The minimum atomic E-state index is -0.867. The highest BCUT2D eigenvalue weighted by atomic mass is 19.1. The normalized spacial score (nSPS) is 17.9. The van der Waals surface area contributed by atoms with Crippen LogP contribution in [0.3, 0.4) is 0 Å². The van der Waals surface area contributed by atoms with Gasteiger partial charge < -0.3 is 19.7 Å². The minimum Gasteiger partial charge on any atom is -0.497 e. The molecule has 8 heteroatoms. The molecule has 1 saturated heterocycles. The molecule has 0 saturated carbocycles. The van der Waals surface area contributed by atoms with Gasteiger partial charge in [-0.25, -0.2) is 8.78 Å². The first-order valence-corrected chi connectivity index (χ1v) is 10.8. The Labute approximate surface area is 196 Å². The third kappa shape index (κ3) is 4.71. The molecule has 6 nitrogen and oxygen atoms in total. The van der Waals surface area contributed by atoms with Crippen molar-refractivity contribution >= 4 is 23.2 Å². The molecule has 176 valence electrons. The fraction of sp³-hybridized carbons (Fsp3) is 0.231. The lowest BCUT2D eigenvalue weighted by Crippen LogP contribution is -2.47. The third-order valence-corrected chi connectivity index (χ3v) is 5.93. The Hall–Kier alpha value is -3.94. The molecule has 3 aromatic carbocycles. The van der Waals surface area contributed by atoms with Crippen molar-refractivity contribution in [2.75, 3.05) is 24.4 Å². The highest BCUT2D eigenvalue weighted by Crippen LogP contribution is 2.41. The van der Waals surface area contributed by atoms with E-state index < -0.39 is 29.5 Å². The largest absolute Gasteiger partial charge is 0.497 e. The van der Waals surface area contributed by atoms with Gasteiger partial charge in [0.2, 0.25) is 11.8 Å². The van der Waals surface area contributed by atoms with Crippen molar-refractivity contribution in [2.45, 2.75) is 18.9 Å². The van der Waals surface area contributed by atoms with E-state index in [1.54, 1.807) is 67.7 Å². The number of benzene rings is 3. The van der Waals surface area contributed by atoms with Crippen molar-refractivity contribution < 1.29 is 27.8 Å². The second-order valence-corrected chi connectivity index (χ2v) is 7.94.